The lowest BCUT2D eigenvalue weighted by Gasteiger charge is -2.36. The van der Waals surface area contributed by atoms with Crippen molar-refractivity contribution in [1.29, 1.82) is 0 Å². The van der Waals surface area contributed by atoms with Gasteiger partial charge in [0.2, 0.25) is 5.91 Å². The summed E-state index contributed by atoms with van der Waals surface area (Å²) >= 11 is 0. The number of nitrogens with zero attached hydrogens (tertiary/aromatic N) is 3. The number of rotatable bonds is 3. The number of benzene rings is 1. The second kappa shape index (κ2) is 6.38. The fraction of sp³-hybridized carbons (Fsp3) is 0.526. The van der Waals surface area contributed by atoms with Gasteiger partial charge in [-0.2, -0.15) is 0 Å². The zero-order valence-corrected chi connectivity index (χ0v) is 13.9. The average Bonchev–Trinajstić information content (AvgIpc) is 2.57. The number of hydrogen-bond acceptors (Lipinski definition) is 3. The van der Waals surface area contributed by atoms with E-state index in [9.17, 15) is 9.59 Å². The van der Waals surface area contributed by atoms with Crippen molar-refractivity contribution in [2.75, 3.05) is 13.1 Å². The first-order valence-electron chi connectivity index (χ1n) is 8.95. The molecule has 1 aromatic heterocycles. The van der Waals surface area contributed by atoms with Crippen molar-refractivity contribution >= 4 is 16.8 Å². The molecule has 0 atom stereocenters. The lowest BCUT2D eigenvalue weighted by Crippen LogP contribution is -2.44. The van der Waals surface area contributed by atoms with Gasteiger partial charge in [0.25, 0.3) is 5.56 Å². The van der Waals surface area contributed by atoms with Gasteiger partial charge in [-0.25, -0.2) is 4.98 Å². The molecule has 4 rings (SSSR count). The van der Waals surface area contributed by atoms with E-state index in [1.54, 1.807) is 10.9 Å². The first-order chi connectivity index (χ1) is 11.7. The molecule has 0 radical (unpaired) electrons. The van der Waals surface area contributed by atoms with Crippen LogP contribution in [0.3, 0.4) is 0 Å². The summed E-state index contributed by atoms with van der Waals surface area (Å²) in [4.78, 5) is 31.3. The van der Waals surface area contributed by atoms with Crippen LogP contribution in [-0.2, 0) is 11.3 Å². The standard InChI is InChI=1S/C19H23N3O2/c23-18(15-4-3-5-15)21-10-8-14(9-11-21)12-22-13-20-17-7-2-1-6-16(17)19(22)24/h1-2,6-7,13-15H,3-5,8-12H2. The second-order valence-electron chi connectivity index (χ2n) is 7.12. The van der Waals surface area contributed by atoms with Gasteiger partial charge in [-0.3, -0.25) is 14.2 Å². The van der Waals surface area contributed by atoms with Crippen LogP contribution in [0.4, 0.5) is 0 Å². The number of carbonyl (C=O) groups excluding carboxylic acids is 1. The van der Waals surface area contributed by atoms with E-state index in [0.29, 0.717) is 23.8 Å². The maximum absolute atomic E-state index is 12.6. The van der Waals surface area contributed by atoms with Gasteiger partial charge in [0.15, 0.2) is 0 Å². The number of hydrogen-bond donors (Lipinski definition) is 0. The third-order valence-corrected chi connectivity index (χ3v) is 5.57. The van der Waals surface area contributed by atoms with E-state index >= 15 is 0 Å². The molecule has 2 heterocycles. The summed E-state index contributed by atoms with van der Waals surface area (Å²) in [5.74, 6) is 1.08. The zero-order valence-electron chi connectivity index (χ0n) is 13.9. The van der Waals surface area contributed by atoms with Gasteiger partial charge < -0.3 is 4.90 Å². The highest BCUT2D eigenvalue weighted by atomic mass is 16.2. The van der Waals surface area contributed by atoms with Gasteiger partial charge in [-0.05, 0) is 43.7 Å². The molecule has 5 heteroatoms. The van der Waals surface area contributed by atoms with Gasteiger partial charge in [0, 0.05) is 25.6 Å². The SMILES string of the molecule is O=C(C1CCC1)N1CCC(Cn2cnc3ccccc3c2=O)CC1. The molecule has 0 N–H and O–H groups in total. The Morgan fingerprint density at radius 1 is 1.12 bits per heavy atom. The fourth-order valence-corrected chi connectivity index (χ4v) is 3.76. The highest BCUT2D eigenvalue weighted by Crippen LogP contribution is 2.30. The minimum atomic E-state index is 0.0357. The van der Waals surface area contributed by atoms with E-state index in [2.05, 4.69) is 4.98 Å². The molecule has 2 aromatic rings. The van der Waals surface area contributed by atoms with Crippen molar-refractivity contribution < 1.29 is 4.79 Å². The number of likely N-dealkylation sites (tertiary alicyclic amines) is 1. The second-order valence-corrected chi connectivity index (χ2v) is 7.12. The molecule has 24 heavy (non-hydrogen) atoms. The fourth-order valence-electron chi connectivity index (χ4n) is 3.76. The Bertz CT molecular complexity index is 802. The van der Waals surface area contributed by atoms with Crippen molar-refractivity contribution in [3.63, 3.8) is 0 Å². The van der Waals surface area contributed by atoms with E-state index in [-0.39, 0.29) is 11.5 Å². The summed E-state index contributed by atoms with van der Waals surface area (Å²) in [6, 6.07) is 7.47. The summed E-state index contributed by atoms with van der Waals surface area (Å²) in [7, 11) is 0. The zero-order chi connectivity index (χ0) is 16.5. The lowest BCUT2D eigenvalue weighted by molar-refractivity contribution is -0.139. The van der Waals surface area contributed by atoms with Gasteiger partial charge in [-0.15, -0.1) is 0 Å². The molecule has 2 fully saturated rings. The number of para-hydroxylation sites is 1. The molecular formula is C19H23N3O2. The van der Waals surface area contributed by atoms with Crippen LogP contribution in [0.1, 0.15) is 32.1 Å². The van der Waals surface area contributed by atoms with Crippen molar-refractivity contribution in [3.8, 4) is 0 Å². The lowest BCUT2D eigenvalue weighted by atomic mass is 9.83. The van der Waals surface area contributed by atoms with E-state index in [1.165, 1.54) is 6.42 Å². The quantitative estimate of drug-likeness (QED) is 0.871. The molecule has 126 valence electrons. The van der Waals surface area contributed by atoms with Crippen LogP contribution in [0, 0.1) is 11.8 Å². The van der Waals surface area contributed by atoms with Gasteiger partial charge >= 0.3 is 0 Å². The number of fused-ring (bicyclic) bond motifs is 1. The van der Waals surface area contributed by atoms with Crippen LogP contribution in [0.2, 0.25) is 0 Å². The van der Waals surface area contributed by atoms with Gasteiger partial charge in [0.1, 0.15) is 0 Å². The Labute approximate surface area is 141 Å². The molecule has 1 aromatic carbocycles. The number of amides is 1. The number of piperidine rings is 1. The van der Waals surface area contributed by atoms with E-state index < -0.39 is 0 Å². The Kier molecular flexibility index (Phi) is 4.08. The normalized spacial score (nSPS) is 19.4. The van der Waals surface area contributed by atoms with Gasteiger partial charge in [-0.1, -0.05) is 18.6 Å². The largest absolute Gasteiger partial charge is 0.342 e. The van der Waals surface area contributed by atoms with Crippen LogP contribution >= 0.6 is 0 Å². The van der Waals surface area contributed by atoms with E-state index in [4.69, 9.17) is 0 Å². The topological polar surface area (TPSA) is 55.2 Å². The minimum Gasteiger partial charge on any atom is -0.342 e. The third-order valence-electron chi connectivity index (χ3n) is 5.57. The van der Waals surface area contributed by atoms with E-state index in [0.717, 1.165) is 44.3 Å². The predicted molar refractivity (Wildman–Crippen MR) is 92.6 cm³/mol. The molecule has 5 nitrogen and oxygen atoms in total. The number of carbonyl (C=O) groups is 1. The Hall–Kier alpha value is -2.17. The maximum atomic E-state index is 12.6. The molecule has 1 aliphatic heterocycles. The monoisotopic (exact) mass is 325 g/mol. The number of aromatic nitrogens is 2. The van der Waals surface area contributed by atoms with Crippen molar-refractivity contribution in [2.45, 2.75) is 38.6 Å². The van der Waals surface area contributed by atoms with Crippen LogP contribution in [-0.4, -0.2) is 33.4 Å². The van der Waals surface area contributed by atoms with E-state index in [1.807, 2.05) is 29.2 Å². The maximum Gasteiger partial charge on any atom is 0.261 e. The Morgan fingerprint density at radius 2 is 1.88 bits per heavy atom. The molecule has 0 unspecified atom stereocenters. The molecule has 2 aliphatic rings. The van der Waals surface area contributed by atoms with Crippen molar-refractivity contribution in [3.05, 3.63) is 40.9 Å². The van der Waals surface area contributed by atoms with Gasteiger partial charge in [0.05, 0.1) is 17.2 Å². The Balaban J connectivity index is 1.41. The molecule has 0 spiro atoms. The van der Waals surface area contributed by atoms with Crippen LogP contribution in [0.15, 0.2) is 35.4 Å². The molecule has 1 aliphatic carbocycles. The smallest absolute Gasteiger partial charge is 0.261 e. The van der Waals surface area contributed by atoms with Crippen LogP contribution in [0.5, 0.6) is 0 Å². The molecule has 1 amide bonds. The molecule has 1 saturated heterocycles. The third kappa shape index (κ3) is 2.83. The highest BCUT2D eigenvalue weighted by Gasteiger charge is 2.31. The molecule has 1 saturated carbocycles. The molecular weight excluding hydrogens is 302 g/mol. The summed E-state index contributed by atoms with van der Waals surface area (Å²) in [5.41, 5.74) is 0.785. The van der Waals surface area contributed by atoms with Crippen LogP contribution in [0.25, 0.3) is 10.9 Å². The minimum absolute atomic E-state index is 0.0357. The average molecular weight is 325 g/mol. The van der Waals surface area contributed by atoms with Crippen molar-refractivity contribution in [1.82, 2.24) is 14.5 Å². The van der Waals surface area contributed by atoms with Crippen molar-refractivity contribution in [2.24, 2.45) is 11.8 Å². The first-order valence-corrected chi connectivity index (χ1v) is 8.95. The summed E-state index contributed by atoms with van der Waals surface area (Å²) in [6.07, 6.45) is 6.94. The summed E-state index contributed by atoms with van der Waals surface area (Å²) < 4.78 is 1.73. The summed E-state index contributed by atoms with van der Waals surface area (Å²) in [5, 5.41) is 0.678. The van der Waals surface area contributed by atoms with Crippen LogP contribution < -0.4 is 5.56 Å². The Morgan fingerprint density at radius 3 is 2.58 bits per heavy atom. The first kappa shape index (κ1) is 15.4. The highest BCUT2D eigenvalue weighted by molar-refractivity contribution is 5.79. The summed E-state index contributed by atoms with van der Waals surface area (Å²) in [6.45, 7) is 2.35. The predicted octanol–water partition coefficient (Wildman–Crippen LogP) is 2.44. The molecule has 0 bridgehead atoms.